The Hall–Kier alpha value is -3.60. The Bertz CT molecular complexity index is 978. The van der Waals surface area contributed by atoms with Gasteiger partial charge >= 0.3 is 5.97 Å². The molecule has 0 spiro atoms. The van der Waals surface area contributed by atoms with Gasteiger partial charge in [0.1, 0.15) is 5.75 Å². The van der Waals surface area contributed by atoms with Crippen molar-refractivity contribution < 1.29 is 23.8 Å². The fourth-order valence-corrected chi connectivity index (χ4v) is 2.90. The standard InChI is InChI=1S/C24H22O5/c1-27-21-14-8-17(16-22(21)28-2)9-15-23(25)29-20-12-10-19(11-13-20)24(26)18-6-4-3-5-7-18/h3-8,10-14,16H,9,15H2,1-2H3. The highest BCUT2D eigenvalue weighted by atomic mass is 16.5. The maximum Gasteiger partial charge on any atom is 0.311 e. The Kier molecular flexibility index (Phi) is 6.63. The summed E-state index contributed by atoms with van der Waals surface area (Å²) < 4.78 is 15.9. The Morgan fingerprint density at radius 1 is 0.759 bits per heavy atom. The van der Waals surface area contributed by atoms with Crippen LogP contribution in [0, 0.1) is 0 Å². The van der Waals surface area contributed by atoms with Gasteiger partial charge in [-0.05, 0) is 48.4 Å². The summed E-state index contributed by atoms with van der Waals surface area (Å²) in [5, 5.41) is 0. The van der Waals surface area contributed by atoms with Gasteiger partial charge in [-0.1, -0.05) is 36.4 Å². The molecule has 3 rings (SSSR count). The molecular weight excluding hydrogens is 368 g/mol. The van der Waals surface area contributed by atoms with Gasteiger partial charge in [-0.25, -0.2) is 0 Å². The largest absolute Gasteiger partial charge is 0.493 e. The Morgan fingerprint density at radius 2 is 1.41 bits per heavy atom. The fourth-order valence-electron chi connectivity index (χ4n) is 2.90. The molecule has 5 nitrogen and oxygen atoms in total. The summed E-state index contributed by atoms with van der Waals surface area (Å²) in [4.78, 5) is 24.6. The van der Waals surface area contributed by atoms with Gasteiger partial charge < -0.3 is 14.2 Å². The van der Waals surface area contributed by atoms with E-state index in [-0.39, 0.29) is 18.2 Å². The lowest BCUT2D eigenvalue weighted by molar-refractivity contribution is -0.134. The number of esters is 1. The van der Waals surface area contributed by atoms with Crippen molar-refractivity contribution in [1.29, 1.82) is 0 Å². The number of carbonyl (C=O) groups is 2. The van der Waals surface area contributed by atoms with Crippen LogP contribution in [0.1, 0.15) is 27.9 Å². The summed E-state index contributed by atoms with van der Waals surface area (Å²) in [7, 11) is 3.15. The molecule has 0 fully saturated rings. The van der Waals surface area contributed by atoms with E-state index in [1.54, 1.807) is 50.6 Å². The molecule has 0 heterocycles. The first-order valence-corrected chi connectivity index (χ1v) is 9.22. The van der Waals surface area contributed by atoms with E-state index < -0.39 is 0 Å². The highest BCUT2D eigenvalue weighted by Crippen LogP contribution is 2.28. The molecule has 0 aromatic heterocycles. The van der Waals surface area contributed by atoms with Gasteiger partial charge in [0.15, 0.2) is 17.3 Å². The van der Waals surface area contributed by atoms with Crippen LogP contribution < -0.4 is 14.2 Å². The van der Waals surface area contributed by atoms with Gasteiger partial charge in [0.05, 0.1) is 14.2 Å². The first-order valence-electron chi connectivity index (χ1n) is 9.22. The van der Waals surface area contributed by atoms with Crippen LogP contribution in [-0.2, 0) is 11.2 Å². The van der Waals surface area contributed by atoms with E-state index in [0.717, 1.165) is 5.56 Å². The molecule has 0 aliphatic heterocycles. The van der Waals surface area contributed by atoms with Gasteiger partial charge in [-0.15, -0.1) is 0 Å². The molecule has 0 atom stereocenters. The van der Waals surface area contributed by atoms with E-state index in [9.17, 15) is 9.59 Å². The van der Waals surface area contributed by atoms with E-state index in [4.69, 9.17) is 14.2 Å². The first kappa shape index (κ1) is 20.1. The van der Waals surface area contributed by atoms with Crippen LogP contribution in [-0.4, -0.2) is 26.0 Å². The third-order valence-electron chi connectivity index (χ3n) is 4.45. The first-order chi connectivity index (χ1) is 14.1. The van der Waals surface area contributed by atoms with Gasteiger partial charge in [-0.2, -0.15) is 0 Å². The number of methoxy groups -OCH3 is 2. The van der Waals surface area contributed by atoms with Crippen LogP contribution in [0.4, 0.5) is 0 Å². The number of benzene rings is 3. The SMILES string of the molecule is COc1ccc(CCC(=O)Oc2ccc(C(=O)c3ccccc3)cc2)cc1OC. The molecule has 0 amide bonds. The predicted molar refractivity (Wildman–Crippen MR) is 110 cm³/mol. The van der Waals surface area contributed by atoms with E-state index in [1.165, 1.54) is 0 Å². The zero-order chi connectivity index (χ0) is 20.6. The predicted octanol–water partition coefficient (Wildman–Crippen LogP) is 4.47. The fraction of sp³-hybridized carbons (Fsp3) is 0.167. The van der Waals surface area contributed by atoms with Crippen molar-refractivity contribution >= 4 is 11.8 Å². The second kappa shape index (κ2) is 9.55. The highest BCUT2D eigenvalue weighted by Gasteiger charge is 2.11. The van der Waals surface area contributed by atoms with E-state index in [2.05, 4.69) is 0 Å². The Balaban J connectivity index is 1.56. The lowest BCUT2D eigenvalue weighted by Gasteiger charge is -2.09. The summed E-state index contributed by atoms with van der Waals surface area (Å²) in [5.41, 5.74) is 2.11. The number of rotatable bonds is 8. The Labute approximate surface area is 169 Å². The maximum atomic E-state index is 12.4. The molecule has 148 valence electrons. The van der Waals surface area contributed by atoms with Crippen molar-refractivity contribution in [3.05, 3.63) is 89.5 Å². The van der Waals surface area contributed by atoms with E-state index in [1.807, 2.05) is 36.4 Å². The van der Waals surface area contributed by atoms with Crippen molar-refractivity contribution in [3.8, 4) is 17.2 Å². The molecule has 0 aliphatic rings. The summed E-state index contributed by atoms with van der Waals surface area (Å²) in [6, 6.07) is 21.2. The van der Waals surface area contributed by atoms with Crippen LogP contribution in [0.15, 0.2) is 72.8 Å². The summed E-state index contributed by atoms with van der Waals surface area (Å²) in [6.07, 6.45) is 0.740. The molecule has 0 saturated heterocycles. The van der Waals surface area contributed by atoms with Gasteiger partial charge in [0, 0.05) is 17.5 Å². The summed E-state index contributed by atoms with van der Waals surface area (Å²) in [6.45, 7) is 0. The molecule has 0 unspecified atom stereocenters. The zero-order valence-corrected chi connectivity index (χ0v) is 16.4. The number of hydrogen-bond acceptors (Lipinski definition) is 5. The lowest BCUT2D eigenvalue weighted by Crippen LogP contribution is -2.09. The molecule has 29 heavy (non-hydrogen) atoms. The average Bonchev–Trinajstić information content (AvgIpc) is 2.78. The smallest absolute Gasteiger partial charge is 0.311 e. The van der Waals surface area contributed by atoms with Crippen molar-refractivity contribution in [1.82, 2.24) is 0 Å². The van der Waals surface area contributed by atoms with E-state index >= 15 is 0 Å². The number of ether oxygens (including phenoxy) is 3. The Morgan fingerprint density at radius 3 is 2.07 bits per heavy atom. The maximum absolute atomic E-state index is 12.4. The minimum atomic E-state index is -0.345. The second-order valence-electron chi connectivity index (χ2n) is 6.38. The average molecular weight is 390 g/mol. The minimum Gasteiger partial charge on any atom is -0.493 e. The van der Waals surface area contributed by atoms with E-state index in [0.29, 0.717) is 34.8 Å². The number of ketones is 1. The van der Waals surface area contributed by atoms with Crippen molar-refractivity contribution in [3.63, 3.8) is 0 Å². The molecule has 3 aromatic carbocycles. The van der Waals surface area contributed by atoms with Gasteiger partial charge in [0.25, 0.3) is 0 Å². The molecule has 0 aliphatic carbocycles. The number of carbonyl (C=O) groups excluding carboxylic acids is 2. The van der Waals surface area contributed by atoms with Crippen LogP contribution in [0.3, 0.4) is 0 Å². The minimum absolute atomic E-state index is 0.0723. The highest BCUT2D eigenvalue weighted by molar-refractivity contribution is 6.09. The molecule has 3 aromatic rings. The molecular formula is C24H22O5. The lowest BCUT2D eigenvalue weighted by atomic mass is 10.0. The summed E-state index contributed by atoms with van der Waals surface area (Å²) >= 11 is 0. The summed E-state index contributed by atoms with van der Waals surface area (Å²) in [5.74, 6) is 1.26. The molecule has 5 heteroatoms. The monoisotopic (exact) mass is 390 g/mol. The zero-order valence-electron chi connectivity index (χ0n) is 16.4. The van der Waals surface area contributed by atoms with Crippen molar-refractivity contribution in [2.45, 2.75) is 12.8 Å². The molecule has 0 radical (unpaired) electrons. The quantitative estimate of drug-likeness (QED) is 0.323. The van der Waals surface area contributed by atoms with Crippen LogP contribution in [0.2, 0.25) is 0 Å². The third kappa shape index (κ3) is 5.23. The van der Waals surface area contributed by atoms with Crippen LogP contribution in [0.5, 0.6) is 17.2 Å². The molecule has 0 N–H and O–H groups in total. The molecule has 0 bridgehead atoms. The van der Waals surface area contributed by atoms with Crippen molar-refractivity contribution in [2.75, 3.05) is 14.2 Å². The van der Waals surface area contributed by atoms with Crippen LogP contribution in [0.25, 0.3) is 0 Å². The normalized spacial score (nSPS) is 10.3. The molecule has 0 saturated carbocycles. The third-order valence-corrected chi connectivity index (χ3v) is 4.45. The van der Waals surface area contributed by atoms with Crippen molar-refractivity contribution in [2.24, 2.45) is 0 Å². The van der Waals surface area contributed by atoms with Crippen LogP contribution >= 0.6 is 0 Å². The van der Waals surface area contributed by atoms with Gasteiger partial charge in [-0.3, -0.25) is 9.59 Å². The van der Waals surface area contributed by atoms with Gasteiger partial charge in [0.2, 0.25) is 0 Å². The number of aryl methyl sites for hydroxylation is 1. The second-order valence-corrected chi connectivity index (χ2v) is 6.38. The topological polar surface area (TPSA) is 61.8 Å². The number of hydrogen-bond donors (Lipinski definition) is 0.